The lowest BCUT2D eigenvalue weighted by Gasteiger charge is -2.04. The molecule has 0 radical (unpaired) electrons. The van der Waals surface area contributed by atoms with E-state index in [0.29, 0.717) is 12.3 Å². The average molecular weight is 113 g/mol. The monoisotopic (exact) mass is 113 g/mol. The van der Waals surface area contributed by atoms with Crippen LogP contribution in [0.5, 0.6) is 0 Å². The molecule has 1 N–H and O–H groups in total. The van der Waals surface area contributed by atoms with Crippen LogP contribution in [0.3, 0.4) is 0 Å². The molecule has 0 amide bonds. The molecule has 1 aliphatic heterocycles. The first-order valence-corrected chi connectivity index (χ1v) is 2.36. The normalized spacial score (nSPS) is 17.4. The largest absolute Gasteiger partial charge is 0.494 e. The highest BCUT2D eigenvalue weighted by Crippen LogP contribution is 1.90. The molecule has 0 aromatic rings. The number of aliphatic hydroxyl groups is 1. The molecule has 0 saturated heterocycles. The van der Waals surface area contributed by atoms with Crippen LogP contribution in [0.2, 0.25) is 0 Å². The quantitative estimate of drug-likeness (QED) is 0.516. The fraction of sp³-hybridized carbons (Fsp3) is 0.400. The van der Waals surface area contributed by atoms with Crippen LogP contribution in [-0.4, -0.2) is 24.0 Å². The van der Waals surface area contributed by atoms with E-state index in [1.807, 2.05) is 0 Å². The number of aliphatic imine (C=N–C) groups is 1. The topological polar surface area (TPSA) is 41.8 Å². The van der Waals surface area contributed by atoms with Gasteiger partial charge >= 0.3 is 0 Å². The zero-order valence-corrected chi connectivity index (χ0v) is 4.37. The van der Waals surface area contributed by atoms with Crippen molar-refractivity contribution in [1.82, 2.24) is 0 Å². The second-order valence-electron chi connectivity index (χ2n) is 1.45. The van der Waals surface area contributed by atoms with Crippen LogP contribution in [0.25, 0.3) is 0 Å². The van der Waals surface area contributed by atoms with Crippen molar-refractivity contribution >= 4 is 5.71 Å². The highest BCUT2D eigenvalue weighted by atomic mass is 16.5. The van der Waals surface area contributed by atoms with Gasteiger partial charge in [-0.15, -0.1) is 0 Å². The molecule has 8 heavy (non-hydrogen) atoms. The summed E-state index contributed by atoms with van der Waals surface area (Å²) in [5, 5.41) is 8.45. The Balaban J connectivity index is 2.50. The van der Waals surface area contributed by atoms with E-state index in [2.05, 4.69) is 4.99 Å². The SMILES string of the molecule is OCC1=NC=COC1. The van der Waals surface area contributed by atoms with Crippen molar-refractivity contribution in [2.24, 2.45) is 4.99 Å². The minimum Gasteiger partial charge on any atom is -0.494 e. The maximum Gasteiger partial charge on any atom is 0.128 e. The Morgan fingerprint density at radius 3 is 3.12 bits per heavy atom. The van der Waals surface area contributed by atoms with E-state index in [4.69, 9.17) is 9.84 Å². The van der Waals surface area contributed by atoms with Gasteiger partial charge in [0.2, 0.25) is 0 Å². The van der Waals surface area contributed by atoms with Gasteiger partial charge in [-0.05, 0) is 0 Å². The van der Waals surface area contributed by atoms with E-state index in [1.165, 1.54) is 12.5 Å². The van der Waals surface area contributed by atoms with Crippen molar-refractivity contribution < 1.29 is 9.84 Å². The van der Waals surface area contributed by atoms with Crippen LogP contribution in [-0.2, 0) is 4.74 Å². The van der Waals surface area contributed by atoms with Gasteiger partial charge in [-0.1, -0.05) is 0 Å². The van der Waals surface area contributed by atoms with Crippen LogP contribution in [0.4, 0.5) is 0 Å². The first kappa shape index (κ1) is 5.31. The van der Waals surface area contributed by atoms with E-state index in [-0.39, 0.29) is 6.61 Å². The molecule has 44 valence electrons. The van der Waals surface area contributed by atoms with Crippen molar-refractivity contribution in [3.8, 4) is 0 Å². The van der Waals surface area contributed by atoms with Gasteiger partial charge < -0.3 is 9.84 Å². The van der Waals surface area contributed by atoms with E-state index >= 15 is 0 Å². The molecule has 0 bridgehead atoms. The average Bonchev–Trinajstić information content (AvgIpc) is 1.90. The molecule has 1 rings (SSSR count). The summed E-state index contributed by atoms with van der Waals surface area (Å²) in [5.74, 6) is 0. The van der Waals surface area contributed by atoms with Gasteiger partial charge in [0, 0.05) is 0 Å². The molecule has 0 unspecified atom stereocenters. The smallest absolute Gasteiger partial charge is 0.128 e. The van der Waals surface area contributed by atoms with Crippen LogP contribution in [0.1, 0.15) is 0 Å². The highest BCUT2D eigenvalue weighted by molar-refractivity contribution is 5.87. The van der Waals surface area contributed by atoms with Gasteiger partial charge in [0.15, 0.2) is 0 Å². The third kappa shape index (κ3) is 1.07. The predicted molar refractivity (Wildman–Crippen MR) is 29.6 cm³/mol. The fourth-order valence-corrected chi connectivity index (χ4v) is 0.447. The Labute approximate surface area is 47.3 Å². The molecule has 0 atom stereocenters. The number of aliphatic hydroxyl groups excluding tert-OH is 1. The molecule has 0 saturated carbocycles. The number of hydrogen-bond donors (Lipinski definition) is 1. The minimum absolute atomic E-state index is 0.00958. The van der Waals surface area contributed by atoms with Gasteiger partial charge in [-0.3, -0.25) is 4.99 Å². The summed E-state index contributed by atoms with van der Waals surface area (Å²) in [6.07, 6.45) is 3.02. The molecular weight excluding hydrogens is 106 g/mol. The first-order valence-electron chi connectivity index (χ1n) is 2.36. The molecule has 0 aromatic carbocycles. The Kier molecular flexibility index (Phi) is 1.64. The Bertz CT molecular complexity index is 128. The molecule has 0 aliphatic carbocycles. The highest BCUT2D eigenvalue weighted by Gasteiger charge is 1.97. The molecule has 3 nitrogen and oxygen atoms in total. The van der Waals surface area contributed by atoms with Crippen molar-refractivity contribution in [3.05, 3.63) is 12.5 Å². The van der Waals surface area contributed by atoms with E-state index in [9.17, 15) is 0 Å². The van der Waals surface area contributed by atoms with E-state index < -0.39 is 0 Å². The second kappa shape index (κ2) is 2.47. The summed E-state index contributed by atoms with van der Waals surface area (Å²) >= 11 is 0. The number of nitrogens with zero attached hydrogens (tertiary/aromatic N) is 1. The molecule has 1 heterocycles. The van der Waals surface area contributed by atoms with Crippen LogP contribution < -0.4 is 0 Å². The maximum atomic E-state index is 8.45. The molecule has 3 heteroatoms. The minimum atomic E-state index is -0.00958. The zero-order chi connectivity index (χ0) is 5.82. The molecule has 0 aromatic heterocycles. The Morgan fingerprint density at radius 2 is 2.75 bits per heavy atom. The number of rotatable bonds is 1. The third-order valence-corrected chi connectivity index (χ3v) is 0.847. The first-order chi connectivity index (χ1) is 3.93. The Morgan fingerprint density at radius 1 is 1.88 bits per heavy atom. The fourth-order valence-electron chi connectivity index (χ4n) is 0.447. The zero-order valence-electron chi connectivity index (χ0n) is 4.37. The molecular formula is C5H7NO2. The summed E-state index contributed by atoms with van der Waals surface area (Å²) in [6.45, 7) is 0.414. The molecule has 0 spiro atoms. The van der Waals surface area contributed by atoms with Gasteiger partial charge in [0.05, 0.1) is 18.5 Å². The van der Waals surface area contributed by atoms with Crippen molar-refractivity contribution in [2.75, 3.05) is 13.2 Å². The summed E-state index contributed by atoms with van der Waals surface area (Å²) in [6, 6.07) is 0. The van der Waals surface area contributed by atoms with Crippen LogP contribution in [0.15, 0.2) is 17.5 Å². The summed E-state index contributed by atoms with van der Waals surface area (Å²) in [7, 11) is 0. The maximum absolute atomic E-state index is 8.45. The van der Waals surface area contributed by atoms with E-state index in [1.54, 1.807) is 0 Å². The number of ether oxygens (including phenoxy) is 1. The van der Waals surface area contributed by atoms with Crippen LogP contribution in [0, 0.1) is 0 Å². The van der Waals surface area contributed by atoms with Gasteiger partial charge in [-0.2, -0.15) is 0 Å². The lowest BCUT2D eigenvalue weighted by molar-refractivity contribution is 0.279. The van der Waals surface area contributed by atoms with Crippen molar-refractivity contribution in [2.45, 2.75) is 0 Å². The van der Waals surface area contributed by atoms with E-state index in [0.717, 1.165) is 0 Å². The lowest BCUT2D eigenvalue weighted by Crippen LogP contribution is -2.12. The Hall–Kier alpha value is -0.830. The third-order valence-electron chi connectivity index (χ3n) is 0.847. The predicted octanol–water partition coefficient (Wildman–Crippen LogP) is -0.0789. The van der Waals surface area contributed by atoms with Gasteiger partial charge in [0.1, 0.15) is 12.9 Å². The van der Waals surface area contributed by atoms with Crippen LogP contribution >= 0.6 is 0 Å². The number of hydrogen-bond acceptors (Lipinski definition) is 3. The second-order valence-corrected chi connectivity index (χ2v) is 1.45. The molecule has 0 fully saturated rings. The van der Waals surface area contributed by atoms with Crippen molar-refractivity contribution in [1.29, 1.82) is 0 Å². The lowest BCUT2D eigenvalue weighted by atomic mass is 10.4. The van der Waals surface area contributed by atoms with Crippen molar-refractivity contribution in [3.63, 3.8) is 0 Å². The standard InChI is InChI=1S/C5H7NO2/c7-3-5-4-8-2-1-6-5/h1-2,7H,3-4H2. The van der Waals surface area contributed by atoms with Gasteiger partial charge in [-0.25, -0.2) is 0 Å². The summed E-state index contributed by atoms with van der Waals surface area (Å²) in [4.78, 5) is 3.81. The van der Waals surface area contributed by atoms with Gasteiger partial charge in [0.25, 0.3) is 0 Å². The summed E-state index contributed by atoms with van der Waals surface area (Å²) in [5.41, 5.74) is 0.674. The summed E-state index contributed by atoms with van der Waals surface area (Å²) < 4.78 is 4.80. The molecule has 1 aliphatic rings.